The predicted molar refractivity (Wildman–Crippen MR) is 98.0 cm³/mol. The number of sulfonamides is 1. The number of hydrogen-bond acceptors (Lipinski definition) is 5. The molecule has 0 fully saturated rings. The van der Waals surface area contributed by atoms with Gasteiger partial charge in [0.2, 0.25) is 10.0 Å². The average Bonchev–Trinajstić information content (AvgIpc) is 2.56. The number of fused-ring (bicyclic) bond motifs is 1. The largest absolute Gasteiger partial charge is 0.451 e. The lowest BCUT2D eigenvalue weighted by Gasteiger charge is -2.07. The minimum Gasteiger partial charge on any atom is -0.451 e. The Morgan fingerprint density at radius 2 is 1.81 bits per heavy atom. The lowest BCUT2D eigenvalue weighted by Crippen LogP contribution is -2.15. The minimum absolute atomic E-state index is 0.0833. The minimum atomic E-state index is -3.82. The molecule has 7 nitrogen and oxygen atoms in total. The van der Waals surface area contributed by atoms with E-state index in [1.807, 2.05) is 0 Å². The fourth-order valence-electron chi connectivity index (χ4n) is 2.31. The molecule has 0 radical (unpaired) electrons. The van der Waals surface area contributed by atoms with Crippen molar-refractivity contribution in [3.05, 3.63) is 69.0 Å². The summed E-state index contributed by atoms with van der Waals surface area (Å²) in [7, 11) is -3.82. The van der Waals surface area contributed by atoms with Crippen molar-refractivity contribution >= 4 is 44.2 Å². The maximum atomic E-state index is 12.3. The Morgan fingerprint density at radius 3 is 2.42 bits per heavy atom. The van der Waals surface area contributed by atoms with Gasteiger partial charge in [-0.1, -0.05) is 11.6 Å². The summed E-state index contributed by atoms with van der Waals surface area (Å²) in [4.78, 5) is 24.4. The van der Waals surface area contributed by atoms with E-state index in [2.05, 4.69) is 5.32 Å². The van der Waals surface area contributed by atoms with Crippen LogP contribution < -0.4 is 15.9 Å². The van der Waals surface area contributed by atoms with Crippen LogP contribution in [0.15, 0.2) is 56.6 Å². The molecule has 134 valence electrons. The highest BCUT2D eigenvalue weighted by Gasteiger charge is 2.14. The number of nitrogens with two attached hydrogens (primary N) is 1. The van der Waals surface area contributed by atoms with Crippen LogP contribution in [0.4, 0.5) is 5.69 Å². The van der Waals surface area contributed by atoms with Gasteiger partial charge in [-0.05, 0) is 48.9 Å². The molecule has 0 spiro atoms. The molecule has 0 saturated carbocycles. The molecule has 2 aromatic carbocycles. The predicted octanol–water partition coefficient (Wildman–Crippen LogP) is 2.65. The second-order valence-corrected chi connectivity index (χ2v) is 7.56. The topological polar surface area (TPSA) is 119 Å². The summed E-state index contributed by atoms with van der Waals surface area (Å²) in [6, 6.07) is 9.41. The summed E-state index contributed by atoms with van der Waals surface area (Å²) >= 11 is 6.00. The van der Waals surface area contributed by atoms with E-state index in [-0.39, 0.29) is 21.6 Å². The number of aryl methyl sites for hydroxylation is 1. The molecule has 0 saturated heterocycles. The molecule has 0 aliphatic carbocycles. The highest BCUT2D eigenvalue weighted by atomic mass is 35.5. The van der Waals surface area contributed by atoms with Gasteiger partial charge in [-0.3, -0.25) is 9.59 Å². The van der Waals surface area contributed by atoms with Gasteiger partial charge in [-0.2, -0.15) is 0 Å². The molecule has 26 heavy (non-hydrogen) atoms. The lowest BCUT2D eigenvalue weighted by molar-refractivity contribution is 0.0997. The Bertz CT molecular complexity index is 1180. The normalized spacial score (nSPS) is 11.5. The van der Waals surface area contributed by atoms with Crippen LogP contribution in [-0.4, -0.2) is 14.3 Å². The van der Waals surface area contributed by atoms with Gasteiger partial charge in [-0.15, -0.1) is 0 Å². The number of hydrogen-bond donors (Lipinski definition) is 2. The smallest absolute Gasteiger partial charge is 0.291 e. The number of halogens is 1. The second-order valence-electron chi connectivity index (χ2n) is 5.60. The first-order valence-electron chi connectivity index (χ1n) is 7.33. The van der Waals surface area contributed by atoms with E-state index >= 15 is 0 Å². The number of nitrogens with one attached hydrogen (secondary N) is 1. The van der Waals surface area contributed by atoms with Gasteiger partial charge in [0.15, 0.2) is 11.2 Å². The van der Waals surface area contributed by atoms with Gasteiger partial charge in [-0.25, -0.2) is 13.6 Å². The van der Waals surface area contributed by atoms with Crippen molar-refractivity contribution in [1.29, 1.82) is 0 Å². The molecule has 3 aromatic rings. The highest BCUT2D eigenvalue weighted by molar-refractivity contribution is 7.89. The van der Waals surface area contributed by atoms with E-state index in [0.29, 0.717) is 16.3 Å². The number of benzene rings is 2. The van der Waals surface area contributed by atoms with Crippen molar-refractivity contribution in [2.45, 2.75) is 11.8 Å². The Hall–Kier alpha value is -2.68. The van der Waals surface area contributed by atoms with Crippen molar-refractivity contribution in [2.75, 3.05) is 5.32 Å². The van der Waals surface area contributed by atoms with Gasteiger partial charge in [0.1, 0.15) is 5.58 Å². The molecule has 1 amide bonds. The number of rotatable bonds is 3. The molecule has 9 heteroatoms. The summed E-state index contributed by atoms with van der Waals surface area (Å²) in [5, 5.41) is 8.24. The second kappa shape index (κ2) is 6.56. The first-order valence-corrected chi connectivity index (χ1v) is 9.26. The third kappa shape index (κ3) is 3.62. The van der Waals surface area contributed by atoms with Crippen LogP contribution in [0.1, 0.15) is 16.1 Å². The molecule has 0 atom stereocenters. The molecule has 0 bridgehead atoms. The molecule has 0 aliphatic rings. The Kier molecular flexibility index (Phi) is 4.57. The van der Waals surface area contributed by atoms with Crippen LogP contribution in [0.5, 0.6) is 0 Å². The van der Waals surface area contributed by atoms with Crippen LogP contribution in [0.3, 0.4) is 0 Å². The van der Waals surface area contributed by atoms with Crippen molar-refractivity contribution in [3.63, 3.8) is 0 Å². The van der Waals surface area contributed by atoms with E-state index in [1.54, 1.807) is 13.0 Å². The van der Waals surface area contributed by atoms with Crippen LogP contribution in [-0.2, 0) is 10.0 Å². The SMILES string of the molecule is Cc1cc2oc(C(=O)Nc3ccc(S(N)(=O)=O)cc3)cc(=O)c2cc1Cl. The standard InChI is InChI=1S/C17H13ClN2O5S/c1-9-6-15-12(7-13(9)18)14(21)8-16(25-15)17(22)20-10-2-4-11(5-3-10)26(19,23)24/h2-8H,1H3,(H,20,22)(H2,19,23,24). The number of amides is 1. The Labute approximate surface area is 153 Å². The van der Waals surface area contributed by atoms with Crippen molar-refractivity contribution in [2.24, 2.45) is 5.14 Å². The zero-order valence-corrected chi connectivity index (χ0v) is 15.0. The summed E-state index contributed by atoms with van der Waals surface area (Å²) in [5.41, 5.74) is 0.868. The lowest BCUT2D eigenvalue weighted by atomic mass is 10.1. The molecule has 1 aromatic heterocycles. The van der Waals surface area contributed by atoms with E-state index < -0.39 is 21.4 Å². The van der Waals surface area contributed by atoms with E-state index in [0.717, 1.165) is 6.07 Å². The first-order chi connectivity index (χ1) is 12.1. The van der Waals surface area contributed by atoms with Crippen molar-refractivity contribution < 1.29 is 17.6 Å². The molecular formula is C17H13ClN2O5S. The van der Waals surface area contributed by atoms with Gasteiger partial charge in [0, 0.05) is 16.8 Å². The number of primary sulfonamides is 1. The first kappa shape index (κ1) is 18.1. The van der Waals surface area contributed by atoms with Crippen molar-refractivity contribution in [3.8, 4) is 0 Å². The summed E-state index contributed by atoms with van der Waals surface area (Å²) < 4.78 is 28.0. The highest BCUT2D eigenvalue weighted by Crippen LogP contribution is 2.22. The monoisotopic (exact) mass is 392 g/mol. The third-order valence-corrected chi connectivity index (χ3v) is 5.01. The van der Waals surface area contributed by atoms with Crippen LogP contribution >= 0.6 is 11.6 Å². The van der Waals surface area contributed by atoms with E-state index in [4.69, 9.17) is 21.2 Å². The van der Waals surface area contributed by atoms with E-state index in [1.165, 1.54) is 30.3 Å². The molecule has 0 unspecified atom stereocenters. The quantitative estimate of drug-likeness (QED) is 0.710. The summed E-state index contributed by atoms with van der Waals surface area (Å²) in [6.07, 6.45) is 0. The van der Waals surface area contributed by atoms with Gasteiger partial charge in [0.25, 0.3) is 5.91 Å². The summed E-state index contributed by atoms with van der Waals surface area (Å²) in [5.74, 6) is -0.834. The number of carbonyl (C=O) groups is 1. The van der Waals surface area contributed by atoms with Gasteiger partial charge >= 0.3 is 0 Å². The molecular weight excluding hydrogens is 380 g/mol. The van der Waals surface area contributed by atoms with Crippen LogP contribution in [0.25, 0.3) is 11.0 Å². The fourth-order valence-corrected chi connectivity index (χ4v) is 2.99. The Balaban J connectivity index is 1.93. The van der Waals surface area contributed by atoms with Crippen molar-refractivity contribution in [1.82, 2.24) is 0 Å². The zero-order chi connectivity index (χ0) is 19.1. The fraction of sp³-hybridized carbons (Fsp3) is 0.0588. The van der Waals surface area contributed by atoms with Gasteiger partial charge in [0.05, 0.1) is 10.3 Å². The van der Waals surface area contributed by atoms with Gasteiger partial charge < -0.3 is 9.73 Å². The maximum Gasteiger partial charge on any atom is 0.291 e. The van der Waals surface area contributed by atoms with Crippen LogP contribution in [0, 0.1) is 6.92 Å². The molecule has 3 rings (SSSR count). The molecule has 0 aliphatic heterocycles. The average molecular weight is 393 g/mol. The number of carbonyl (C=O) groups excluding carboxylic acids is 1. The van der Waals surface area contributed by atoms with E-state index in [9.17, 15) is 18.0 Å². The third-order valence-electron chi connectivity index (χ3n) is 3.67. The summed E-state index contributed by atoms with van der Waals surface area (Å²) in [6.45, 7) is 1.75. The molecule has 1 heterocycles. The molecule has 3 N–H and O–H groups in total. The number of anilines is 1. The van der Waals surface area contributed by atoms with Crippen LogP contribution in [0.2, 0.25) is 5.02 Å². The zero-order valence-electron chi connectivity index (χ0n) is 13.4. The maximum absolute atomic E-state index is 12.3. The Morgan fingerprint density at radius 1 is 1.15 bits per heavy atom.